The van der Waals surface area contributed by atoms with Crippen molar-refractivity contribution in [2.75, 3.05) is 11.1 Å². The SMILES string of the molecule is O=C(CSc1nc2ccccc2c(=O)n1Cc1ccc(Cl)cc1)Nc1ccccc1. The van der Waals surface area contributed by atoms with Crippen LogP contribution in [0.3, 0.4) is 0 Å². The normalized spacial score (nSPS) is 10.8. The Balaban J connectivity index is 1.62. The van der Waals surface area contributed by atoms with E-state index in [4.69, 9.17) is 11.6 Å². The highest BCUT2D eigenvalue weighted by atomic mass is 35.5. The Hall–Kier alpha value is -3.09. The summed E-state index contributed by atoms with van der Waals surface area (Å²) in [6.45, 7) is 0.344. The van der Waals surface area contributed by atoms with E-state index in [1.807, 2.05) is 54.6 Å². The molecule has 0 atom stereocenters. The molecule has 4 rings (SSSR count). The van der Waals surface area contributed by atoms with Gasteiger partial charge in [0.25, 0.3) is 5.56 Å². The molecule has 0 saturated heterocycles. The van der Waals surface area contributed by atoms with E-state index in [2.05, 4.69) is 10.3 Å². The summed E-state index contributed by atoms with van der Waals surface area (Å²) in [4.78, 5) is 30.2. The Morgan fingerprint density at radius 3 is 2.43 bits per heavy atom. The van der Waals surface area contributed by atoms with Crippen LogP contribution in [-0.4, -0.2) is 21.2 Å². The van der Waals surface area contributed by atoms with Gasteiger partial charge in [-0.25, -0.2) is 4.98 Å². The number of benzene rings is 3. The Labute approximate surface area is 182 Å². The lowest BCUT2D eigenvalue weighted by Crippen LogP contribution is -2.24. The van der Waals surface area contributed by atoms with Gasteiger partial charge >= 0.3 is 0 Å². The van der Waals surface area contributed by atoms with Crippen LogP contribution in [0.15, 0.2) is 88.8 Å². The van der Waals surface area contributed by atoms with Gasteiger partial charge in [0, 0.05) is 10.7 Å². The third-order valence-electron chi connectivity index (χ3n) is 4.47. The smallest absolute Gasteiger partial charge is 0.262 e. The van der Waals surface area contributed by atoms with Crippen LogP contribution in [0.5, 0.6) is 0 Å². The predicted octanol–water partition coefficient (Wildman–Crippen LogP) is 4.83. The van der Waals surface area contributed by atoms with Crippen molar-refractivity contribution in [3.63, 3.8) is 0 Å². The van der Waals surface area contributed by atoms with Gasteiger partial charge < -0.3 is 5.32 Å². The lowest BCUT2D eigenvalue weighted by molar-refractivity contribution is -0.113. The van der Waals surface area contributed by atoms with Crippen molar-refractivity contribution in [3.05, 3.63) is 99.8 Å². The number of anilines is 1. The summed E-state index contributed by atoms with van der Waals surface area (Å²) in [6.07, 6.45) is 0. The van der Waals surface area contributed by atoms with Crippen LogP contribution in [-0.2, 0) is 11.3 Å². The van der Waals surface area contributed by atoms with Gasteiger partial charge in [0.15, 0.2) is 5.16 Å². The van der Waals surface area contributed by atoms with E-state index in [-0.39, 0.29) is 17.2 Å². The number of carbonyl (C=O) groups excluding carboxylic acids is 1. The number of nitrogens with zero attached hydrogens (tertiary/aromatic N) is 2. The molecule has 0 radical (unpaired) electrons. The molecule has 0 saturated carbocycles. The average Bonchev–Trinajstić information content (AvgIpc) is 2.76. The lowest BCUT2D eigenvalue weighted by Gasteiger charge is -2.13. The first kappa shape index (κ1) is 20.2. The molecule has 5 nitrogen and oxygen atoms in total. The molecule has 30 heavy (non-hydrogen) atoms. The highest BCUT2D eigenvalue weighted by molar-refractivity contribution is 7.99. The second-order valence-electron chi connectivity index (χ2n) is 6.63. The maximum absolute atomic E-state index is 13.1. The minimum Gasteiger partial charge on any atom is -0.325 e. The van der Waals surface area contributed by atoms with E-state index in [9.17, 15) is 9.59 Å². The maximum atomic E-state index is 13.1. The fourth-order valence-corrected chi connectivity index (χ4v) is 3.94. The number of thioether (sulfide) groups is 1. The molecular formula is C23H18ClN3O2S. The molecule has 0 unspecified atom stereocenters. The summed E-state index contributed by atoms with van der Waals surface area (Å²) in [5.74, 6) is -0.0213. The number of carbonyl (C=O) groups is 1. The number of hydrogen-bond acceptors (Lipinski definition) is 4. The molecule has 0 bridgehead atoms. The van der Waals surface area contributed by atoms with Crippen LogP contribution in [0, 0.1) is 0 Å². The monoisotopic (exact) mass is 435 g/mol. The number of aromatic nitrogens is 2. The summed E-state index contributed by atoms with van der Waals surface area (Å²) in [5, 5.41) is 4.53. The third-order valence-corrected chi connectivity index (χ3v) is 5.70. The Morgan fingerprint density at radius 2 is 1.67 bits per heavy atom. The highest BCUT2D eigenvalue weighted by Gasteiger charge is 2.14. The zero-order valence-corrected chi connectivity index (χ0v) is 17.5. The quantitative estimate of drug-likeness (QED) is 0.348. The Bertz CT molecular complexity index is 1240. The first-order valence-corrected chi connectivity index (χ1v) is 10.7. The lowest BCUT2D eigenvalue weighted by atomic mass is 10.2. The molecule has 0 fully saturated rings. The van der Waals surface area contributed by atoms with Gasteiger partial charge in [-0.2, -0.15) is 0 Å². The van der Waals surface area contributed by atoms with E-state index in [1.165, 1.54) is 11.8 Å². The van der Waals surface area contributed by atoms with Crippen LogP contribution in [0.25, 0.3) is 10.9 Å². The molecule has 1 heterocycles. The van der Waals surface area contributed by atoms with Crippen molar-refractivity contribution < 1.29 is 4.79 Å². The van der Waals surface area contributed by atoms with E-state index in [0.717, 1.165) is 11.3 Å². The highest BCUT2D eigenvalue weighted by Crippen LogP contribution is 2.20. The first-order valence-electron chi connectivity index (χ1n) is 9.32. The third kappa shape index (κ3) is 4.72. The largest absolute Gasteiger partial charge is 0.325 e. The molecule has 0 aliphatic heterocycles. The first-order chi connectivity index (χ1) is 14.6. The van der Waals surface area contributed by atoms with Crippen molar-refractivity contribution in [3.8, 4) is 0 Å². The van der Waals surface area contributed by atoms with Gasteiger partial charge in [-0.15, -0.1) is 0 Å². The van der Waals surface area contributed by atoms with Gasteiger partial charge in [0.05, 0.1) is 23.2 Å². The van der Waals surface area contributed by atoms with E-state index in [0.29, 0.717) is 27.6 Å². The number of nitrogens with one attached hydrogen (secondary N) is 1. The van der Waals surface area contributed by atoms with Crippen molar-refractivity contribution in [2.24, 2.45) is 0 Å². The van der Waals surface area contributed by atoms with Crippen molar-refractivity contribution in [2.45, 2.75) is 11.7 Å². The summed E-state index contributed by atoms with van der Waals surface area (Å²) in [7, 11) is 0. The average molecular weight is 436 g/mol. The number of halogens is 1. The van der Waals surface area contributed by atoms with Gasteiger partial charge in [-0.3, -0.25) is 14.2 Å². The maximum Gasteiger partial charge on any atom is 0.262 e. The molecule has 1 amide bonds. The van der Waals surface area contributed by atoms with Gasteiger partial charge in [-0.05, 0) is 42.0 Å². The molecule has 0 spiro atoms. The second-order valence-corrected chi connectivity index (χ2v) is 8.01. The molecular weight excluding hydrogens is 418 g/mol. The minimum atomic E-state index is -0.161. The topological polar surface area (TPSA) is 64.0 Å². The fraction of sp³-hybridized carbons (Fsp3) is 0.0870. The van der Waals surface area contributed by atoms with Crippen molar-refractivity contribution >= 4 is 45.9 Å². The fourth-order valence-electron chi connectivity index (χ4n) is 3.02. The molecule has 4 aromatic rings. The van der Waals surface area contributed by atoms with Crippen LogP contribution in [0.1, 0.15) is 5.56 Å². The van der Waals surface area contributed by atoms with Gasteiger partial charge in [0.1, 0.15) is 0 Å². The summed E-state index contributed by atoms with van der Waals surface area (Å²) < 4.78 is 1.60. The number of rotatable bonds is 6. The molecule has 0 aliphatic rings. The number of amides is 1. The van der Waals surface area contributed by atoms with E-state index < -0.39 is 0 Å². The molecule has 1 aromatic heterocycles. The second kappa shape index (κ2) is 9.15. The molecule has 1 N–H and O–H groups in total. The van der Waals surface area contributed by atoms with Crippen LogP contribution < -0.4 is 10.9 Å². The molecule has 7 heteroatoms. The number of hydrogen-bond donors (Lipinski definition) is 1. The predicted molar refractivity (Wildman–Crippen MR) is 122 cm³/mol. The van der Waals surface area contributed by atoms with Crippen molar-refractivity contribution in [1.82, 2.24) is 9.55 Å². The van der Waals surface area contributed by atoms with E-state index in [1.54, 1.807) is 28.8 Å². The Morgan fingerprint density at radius 1 is 0.967 bits per heavy atom. The van der Waals surface area contributed by atoms with Crippen LogP contribution >= 0.6 is 23.4 Å². The van der Waals surface area contributed by atoms with Crippen molar-refractivity contribution in [1.29, 1.82) is 0 Å². The number of fused-ring (bicyclic) bond motifs is 1. The number of para-hydroxylation sites is 2. The zero-order valence-electron chi connectivity index (χ0n) is 15.9. The Kier molecular flexibility index (Phi) is 6.16. The molecule has 3 aromatic carbocycles. The minimum absolute atomic E-state index is 0.137. The molecule has 0 aliphatic carbocycles. The summed E-state index contributed by atoms with van der Waals surface area (Å²) in [6, 6.07) is 23.8. The van der Waals surface area contributed by atoms with E-state index >= 15 is 0 Å². The van der Waals surface area contributed by atoms with Crippen LogP contribution in [0.4, 0.5) is 5.69 Å². The summed E-state index contributed by atoms with van der Waals surface area (Å²) >= 11 is 7.22. The summed E-state index contributed by atoms with van der Waals surface area (Å²) in [5.41, 5.74) is 2.13. The standard InChI is InChI=1S/C23H18ClN3O2S/c24-17-12-10-16(11-13-17)14-27-22(29)19-8-4-5-9-20(19)26-23(27)30-15-21(28)25-18-6-2-1-3-7-18/h1-13H,14-15H2,(H,25,28). The zero-order chi connectivity index (χ0) is 20.9. The van der Waals surface area contributed by atoms with Gasteiger partial charge in [0.2, 0.25) is 5.91 Å². The van der Waals surface area contributed by atoms with Gasteiger partial charge in [-0.1, -0.05) is 65.8 Å². The van der Waals surface area contributed by atoms with Crippen LogP contribution in [0.2, 0.25) is 5.02 Å². The molecule has 150 valence electrons.